The first-order valence-electron chi connectivity index (χ1n) is 14.0. The number of ether oxygens (including phenoxy) is 4. The van der Waals surface area contributed by atoms with Gasteiger partial charge >= 0.3 is 16.5 Å². The Morgan fingerprint density at radius 3 is 2.27 bits per heavy atom. The molecule has 2 atom stereocenters. The zero-order chi connectivity index (χ0) is 35.2. The van der Waals surface area contributed by atoms with Gasteiger partial charge in [-0.2, -0.15) is 8.42 Å². The molecule has 17 heteroatoms. The number of aliphatic hydroxyl groups excluding tert-OH is 1. The summed E-state index contributed by atoms with van der Waals surface area (Å²) in [5.74, 6) is -3.01. The number of hydrogen-bond acceptors (Lipinski definition) is 13. The van der Waals surface area contributed by atoms with Crippen LogP contribution in [0.1, 0.15) is 11.7 Å². The summed E-state index contributed by atoms with van der Waals surface area (Å²) in [4.78, 5) is 12.6. The number of fused-ring (bicyclic) bond motifs is 2. The highest BCUT2D eigenvalue weighted by molar-refractivity contribution is 7.87. The number of alkyl halides is 3. The van der Waals surface area contributed by atoms with Crippen molar-refractivity contribution in [3.05, 3.63) is 88.6 Å². The normalized spacial score (nSPS) is 15.9. The van der Waals surface area contributed by atoms with Crippen LogP contribution in [0.25, 0.3) is 22.3 Å². The average Bonchev–Trinajstić information content (AvgIpc) is 3.04. The Labute approximate surface area is 273 Å². The molecule has 0 fully saturated rings. The predicted octanol–water partition coefficient (Wildman–Crippen LogP) is 5.13. The van der Waals surface area contributed by atoms with Crippen LogP contribution in [0.4, 0.5) is 13.2 Å². The van der Waals surface area contributed by atoms with E-state index >= 15 is 0 Å². The lowest BCUT2D eigenvalue weighted by Gasteiger charge is -2.33. The van der Waals surface area contributed by atoms with Gasteiger partial charge in [0.15, 0.2) is 41.0 Å². The quantitative estimate of drug-likeness (QED) is 0.156. The van der Waals surface area contributed by atoms with Crippen LogP contribution in [0.15, 0.2) is 86.9 Å². The van der Waals surface area contributed by atoms with Crippen molar-refractivity contribution >= 4 is 21.1 Å². The van der Waals surface area contributed by atoms with E-state index in [4.69, 9.17) is 22.8 Å². The third kappa shape index (κ3) is 6.53. The zero-order valence-electron chi connectivity index (χ0n) is 24.8. The molecule has 1 aliphatic heterocycles. The van der Waals surface area contributed by atoms with E-state index in [1.807, 2.05) is 0 Å². The van der Waals surface area contributed by atoms with E-state index in [0.29, 0.717) is 5.56 Å². The van der Waals surface area contributed by atoms with Gasteiger partial charge in [-0.05, 0) is 54.6 Å². The minimum atomic E-state index is -5.00. The Balaban J connectivity index is 1.34. The Kier molecular flexibility index (Phi) is 8.33. The third-order valence-corrected chi connectivity index (χ3v) is 8.53. The molecule has 4 N–H and O–H groups in total. The van der Waals surface area contributed by atoms with E-state index in [-0.39, 0.29) is 28.6 Å². The van der Waals surface area contributed by atoms with E-state index < -0.39 is 85.3 Å². The Hall–Kier alpha value is -5.81. The van der Waals surface area contributed by atoms with Gasteiger partial charge in [-0.15, -0.1) is 13.2 Å². The number of halogens is 3. The summed E-state index contributed by atoms with van der Waals surface area (Å²) in [6.07, 6.45) is -6.76. The molecule has 1 aromatic heterocycles. The lowest BCUT2D eigenvalue weighted by atomic mass is 10.0. The van der Waals surface area contributed by atoms with Crippen molar-refractivity contribution in [2.75, 3.05) is 13.7 Å². The molecule has 4 aromatic carbocycles. The van der Waals surface area contributed by atoms with E-state index in [9.17, 15) is 46.8 Å². The van der Waals surface area contributed by atoms with Crippen molar-refractivity contribution in [1.82, 2.24) is 0 Å². The SMILES string of the molecule is COc1cc([C@H]2Oc3cc(-c4oc5cc(OS(=O)(=O)c6ccc(OC(F)(F)F)cc6)cc(O)c5c(=O)c4O)ccc3O[C@@H]2CO)ccc1O. The maximum Gasteiger partial charge on any atom is 0.573 e. The number of aromatic hydroxyl groups is 3. The van der Waals surface area contributed by atoms with Crippen molar-refractivity contribution in [2.24, 2.45) is 0 Å². The molecule has 0 radical (unpaired) electrons. The largest absolute Gasteiger partial charge is 0.573 e. The molecule has 2 heterocycles. The molecule has 1 aliphatic rings. The second-order valence-corrected chi connectivity index (χ2v) is 12.0. The third-order valence-electron chi connectivity index (χ3n) is 7.26. The summed E-state index contributed by atoms with van der Waals surface area (Å²) in [6, 6.07) is 13.5. The molecule has 6 rings (SSSR count). The van der Waals surface area contributed by atoms with Crippen LogP contribution in [-0.4, -0.2) is 55.0 Å². The summed E-state index contributed by atoms with van der Waals surface area (Å²) in [6.45, 7) is -0.448. The number of methoxy groups -OCH3 is 1. The highest BCUT2D eigenvalue weighted by Gasteiger charge is 2.34. The van der Waals surface area contributed by atoms with E-state index in [1.54, 1.807) is 6.07 Å². The molecule has 0 amide bonds. The molecule has 0 spiro atoms. The lowest BCUT2D eigenvalue weighted by molar-refractivity contribution is -0.274. The van der Waals surface area contributed by atoms with E-state index in [2.05, 4.69) is 4.74 Å². The van der Waals surface area contributed by atoms with Crippen LogP contribution in [0.2, 0.25) is 0 Å². The second-order valence-electron chi connectivity index (χ2n) is 10.5. The zero-order valence-corrected chi connectivity index (χ0v) is 25.6. The average molecular weight is 705 g/mol. The summed E-state index contributed by atoms with van der Waals surface area (Å²) < 4.78 is 94.9. The fraction of sp³-hybridized carbons (Fsp3) is 0.156. The molecular weight excluding hydrogens is 681 g/mol. The van der Waals surface area contributed by atoms with Crippen LogP contribution in [-0.2, 0) is 10.1 Å². The van der Waals surface area contributed by atoms with Crippen molar-refractivity contribution in [1.29, 1.82) is 0 Å². The number of hydrogen-bond donors (Lipinski definition) is 4. The van der Waals surface area contributed by atoms with Gasteiger partial charge in [0.1, 0.15) is 33.1 Å². The monoisotopic (exact) mass is 704 g/mol. The minimum absolute atomic E-state index is 0.0860. The Morgan fingerprint density at radius 2 is 1.59 bits per heavy atom. The molecule has 0 bridgehead atoms. The highest BCUT2D eigenvalue weighted by Crippen LogP contribution is 2.44. The summed E-state index contributed by atoms with van der Waals surface area (Å²) in [7, 11) is -3.32. The van der Waals surface area contributed by atoms with E-state index in [0.717, 1.165) is 36.4 Å². The maximum absolute atomic E-state index is 13.2. The number of phenols is 2. The van der Waals surface area contributed by atoms with Gasteiger partial charge in [0.05, 0.1) is 13.7 Å². The van der Waals surface area contributed by atoms with Crippen LogP contribution in [0.5, 0.6) is 46.0 Å². The molecule has 49 heavy (non-hydrogen) atoms. The van der Waals surface area contributed by atoms with Crippen LogP contribution in [0.3, 0.4) is 0 Å². The smallest absolute Gasteiger partial charge is 0.507 e. The molecule has 0 aliphatic carbocycles. The number of aliphatic hydroxyl groups is 1. The van der Waals surface area contributed by atoms with Gasteiger partial charge in [-0.1, -0.05) is 6.07 Å². The number of phenolic OH excluding ortho intramolecular Hbond substituents is 2. The standard InChI is InChI=1S/C32H23F3O13S/c1-43-23-10-15(2-8-20(23)37)30-26(14-36)44-22-9-3-16(11-24(22)45-30)31-29(40)28(39)27-21(38)12-18(13-25(27)46-31)48-49(41,42)19-6-4-17(5-7-19)47-32(33,34)35/h2-13,26,30,36-38,40H,14H2,1H3/t26-,30-/m1/s1. The van der Waals surface area contributed by atoms with Gasteiger partial charge in [-0.25, -0.2) is 0 Å². The van der Waals surface area contributed by atoms with Crippen LogP contribution >= 0.6 is 0 Å². The minimum Gasteiger partial charge on any atom is -0.507 e. The molecule has 5 aromatic rings. The maximum atomic E-state index is 13.2. The lowest BCUT2D eigenvalue weighted by Crippen LogP contribution is -2.36. The van der Waals surface area contributed by atoms with Gasteiger partial charge < -0.3 is 48.0 Å². The van der Waals surface area contributed by atoms with E-state index in [1.165, 1.54) is 37.4 Å². The second kappa shape index (κ2) is 12.3. The fourth-order valence-corrected chi connectivity index (χ4v) is 5.97. The van der Waals surface area contributed by atoms with Crippen molar-refractivity contribution in [3.8, 4) is 57.3 Å². The van der Waals surface area contributed by atoms with Crippen molar-refractivity contribution in [2.45, 2.75) is 23.5 Å². The van der Waals surface area contributed by atoms with Crippen LogP contribution < -0.4 is 28.6 Å². The first-order valence-corrected chi connectivity index (χ1v) is 15.4. The molecule has 0 unspecified atom stereocenters. The molecule has 0 saturated carbocycles. The first-order chi connectivity index (χ1) is 23.2. The summed E-state index contributed by atoms with van der Waals surface area (Å²) >= 11 is 0. The van der Waals surface area contributed by atoms with Gasteiger partial charge in [0.25, 0.3) is 0 Å². The molecule has 0 saturated heterocycles. The topological polar surface area (TPSA) is 191 Å². The first kappa shape index (κ1) is 33.1. The van der Waals surface area contributed by atoms with Gasteiger partial charge in [0, 0.05) is 23.3 Å². The van der Waals surface area contributed by atoms with Gasteiger partial charge in [-0.3, -0.25) is 4.79 Å². The molecule has 13 nitrogen and oxygen atoms in total. The fourth-order valence-electron chi connectivity index (χ4n) is 5.05. The Morgan fingerprint density at radius 1 is 0.857 bits per heavy atom. The number of benzene rings is 4. The predicted molar refractivity (Wildman–Crippen MR) is 162 cm³/mol. The van der Waals surface area contributed by atoms with Crippen molar-refractivity contribution in [3.63, 3.8) is 0 Å². The summed E-state index contributed by atoms with van der Waals surface area (Å²) in [5.41, 5.74) is -0.912. The number of rotatable bonds is 8. The molecule has 256 valence electrons. The van der Waals surface area contributed by atoms with Crippen LogP contribution in [0, 0.1) is 0 Å². The highest BCUT2D eigenvalue weighted by atomic mass is 32.2. The summed E-state index contributed by atoms with van der Waals surface area (Å²) in [5, 5.41) is 40.8. The molecular formula is C32H23F3O13S. The van der Waals surface area contributed by atoms with Gasteiger partial charge in [0.2, 0.25) is 11.2 Å². The van der Waals surface area contributed by atoms with Crippen molar-refractivity contribution < 1.29 is 69.6 Å². The Bertz CT molecular complexity index is 2230.